The molecular formula is C25H32N2O3. The van der Waals surface area contributed by atoms with E-state index in [1.165, 1.54) is 43.4 Å². The number of likely N-dealkylation sites (tertiary alicyclic amines) is 2. The van der Waals surface area contributed by atoms with Crippen molar-refractivity contribution >= 4 is 5.91 Å². The summed E-state index contributed by atoms with van der Waals surface area (Å²) in [5, 5.41) is 20.0. The Morgan fingerprint density at radius 3 is 2.87 bits per heavy atom. The number of hydrogen-bond acceptors (Lipinski definition) is 4. The number of aromatic hydroxyl groups is 1. The molecule has 2 saturated heterocycles. The van der Waals surface area contributed by atoms with Crippen LogP contribution in [0.5, 0.6) is 5.75 Å². The summed E-state index contributed by atoms with van der Waals surface area (Å²) >= 11 is 0. The fourth-order valence-electron chi connectivity index (χ4n) is 9.32. The fraction of sp³-hybridized carbons (Fsp3) is 0.720. The number of carbonyl (C=O) groups is 1. The monoisotopic (exact) mass is 408 g/mol. The zero-order valence-corrected chi connectivity index (χ0v) is 17.6. The van der Waals surface area contributed by atoms with Crippen molar-refractivity contribution in [1.82, 2.24) is 9.80 Å². The normalized spacial score (nSPS) is 43.4. The Morgan fingerprint density at radius 2 is 2.07 bits per heavy atom. The predicted molar refractivity (Wildman–Crippen MR) is 112 cm³/mol. The molecule has 30 heavy (non-hydrogen) atoms. The van der Waals surface area contributed by atoms with Crippen molar-refractivity contribution in [2.45, 2.75) is 62.4 Å². The highest BCUT2D eigenvalue weighted by molar-refractivity contribution is 5.78. The fourth-order valence-corrected chi connectivity index (χ4v) is 9.32. The molecular weight excluding hydrogens is 376 g/mol. The number of phenolic OH excluding ortho intramolecular Hbond substituents is 1. The van der Waals surface area contributed by atoms with Crippen molar-refractivity contribution in [3.05, 3.63) is 29.3 Å². The summed E-state index contributed by atoms with van der Waals surface area (Å²) < 4.78 is 0. The molecule has 2 N–H and O–H groups in total. The van der Waals surface area contributed by atoms with Gasteiger partial charge in [-0.25, -0.2) is 0 Å². The number of carbonyl (C=O) groups excluding carboxylic acids is 1. The van der Waals surface area contributed by atoms with Crippen LogP contribution in [0.4, 0.5) is 0 Å². The van der Waals surface area contributed by atoms with Crippen molar-refractivity contribution < 1.29 is 15.0 Å². The van der Waals surface area contributed by atoms with Crippen LogP contribution in [0.2, 0.25) is 0 Å². The molecule has 7 rings (SSSR count). The van der Waals surface area contributed by atoms with E-state index in [2.05, 4.69) is 17.0 Å². The minimum absolute atomic E-state index is 0.0854. The van der Waals surface area contributed by atoms with Crippen LogP contribution in [-0.4, -0.2) is 64.2 Å². The van der Waals surface area contributed by atoms with Gasteiger partial charge >= 0.3 is 0 Å². The molecule has 2 heterocycles. The second kappa shape index (κ2) is 5.80. The third kappa shape index (κ3) is 2.00. The van der Waals surface area contributed by atoms with E-state index in [9.17, 15) is 15.0 Å². The van der Waals surface area contributed by atoms with E-state index >= 15 is 0 Å². The lowest BCUT2D eigenvalue weighted by molar-refractivity contribution is -0.142. The largest absolute Gasteiger partial charge is 0.508 e. The molecule has 5 unspecified atom stereocenters. The highest BCUT2D eigenvalue weighted by Crippen LogP contribution is 2.75. The van der Waals surface area contributed by atoms with Crippen LogP contribution in [0.3, 0.4) is 0 Å². The van der Waals surface area contributed by atoms with Crippen LogP contribution in [-0.2, 0) is 16.6 Å². The Hall–Kier alpha value is -1.59. The molecule has 4 bridgehead atoms. The number of aliphatic hydroxyl groups is 1. The number of nitrogens with zero attached hydrogens (tertiary/aromatic N) is 2. The zero-order chi connectivity index (χ0) is 20.3. The molecule has 160 valence electrons. The smallest absolute Gasteiger partial charge is 0.248 e. The Balaban J connectivity index is 1.40. The van der Waals surface area contributed by atoms with Gasteiger partial charge in [0.05, 0.1) is 0 Å². The molecule has 5 nitrogen and oxygen atoms in total. The number of aliphatic hydroxyl groups excluding tert-OH is 1. The van der Waals surface area contributed by atoms with Gasteiger partial charge in [0.2, 0.25) is 5.91 Å². The lowest BCUT2D eigenvalue weighted by atomic mass is 9.43. The first-order valence-electron chi connectivity index (χ1n) is 12.0. The molecule has 6 aliphatic rings. The van der Waals surface area contributed by atoms with Crippen molar-refractivity contribution in [2.75, 3.05) is 26.2 Å². The van der Waals surface area contributed by atoms with Crippen molar-refractivity contribution in [3.63, 3.8) is 0 Å². The second-order valence-electron chi connectivity index (χ2n) is 11.2. The summed E-state index contributed by atoms with van der Waals surface area (Å²) in [4.78, 5) is 17.4. The molecule has 0 spiro atoms. The molecule has 2 aliphatic heterocycles. The van der Waals surface area contributed by atoms with Crippen molar-refractivity contribution in [1.29, 1.82) is 0 Å². The summed E-state index contributed by atoms with van der Waals surface area (Å²) in [7, 11) is 0. The molecule has 4 aliphatic carbocycles. The van der Waals surface area contributed by atoms with E-state index in [-0.39, 0.29) is 24.0 Å². The van der Waals surface area contributed by atoms with E-state index in [1.807, 2.05) is 11.0 Å². The summed E-state index contributed by atoms with van der Waals surface area (Å²) in [5.74, 6) is 2.22. The SMILES string of the molecule is O=C(CO)N1C[C@H]2CC34CCC1C2C31CCN(CC2CC2)C4Cc2ccc(O)cc21. The van der Waals surface area contributed by atoms with Gasteiger partial charge in [0.25, 0.3) is 0 Å². The van der Waals surface area contributed by atoms with Gasteiger partial charge in [0.1, 0.15) is 12.4 Å². The van der Waals surface area contributed by atoms with Crippen LogP contribution in [0.1, 0.15) is 49.7 Å². The van der Waals surface area contributed by atoms with E-state index in [0.717, 1.165) is 38.3 Å². The van der Waals surface area contributed by atoms with Crippen LogP contribution < -0.4 is 0 Å². The third-order valence-electron chi connectivity index (χ3n) is 10.2. The second-order valence-corrected chi connectivity index (χ2v) is 11.2. The number of benzene rings is 1. The number of piperidine rings is 1. The quantitative estimate of drug-likeness (QED) is 0.806. The first kappa shape index (κ1) is 18.0. The summed E-state index contributed by atoms with van der Waals surface area (Å²) in [6.45, 7) is 2.87. The van der Waals surface area contributed by atoms with Gasteiger partial charge in [0.15, 0.2) is 0 Å². The number of fused-ring (bicyclic) bond motifs is 1. The third-order valence-corrected chi connectivity index (χ3v) is 10.2. The summed E-state index contributed by atoms with van der Waals surface area (Å²) in [6.07, 6.45) is 8.55. The van der Waals surface area contributed by atoms with Gasteiger partial charge in [0, 0.05) is 30.6 Å². The molecule has 3 saturated carbocycles. The molecule has 5 fully saturated rings. The predicted octanol–water partition coefficient (Wildman–Crippen LogP) is 2.29. The lowest BCUT2D eigenvalue weighted by Gasteiger charge is -2.66. The summed E-state index contributed by atoms with van der Waals surface area (Å²) in [6, 6.07) is 7.00. The van der Waals surface area contributed by atoms with Gasteiger partial charge in [-0.15, -0.1) is 0 Å². The van der Waals surface area contributed by atoms with Crippen LogP contribution in [0.25, 0.3) is 0 Å². The molecule has 1 aromatic carbocycles. The van der Waals surface area contributed by atoms with E-state index in [1.54, 1.807) is 0 Å². The number of rotatable bonds is 3. The van der Waals surface area contributed by atoms with Gasteiger partial charge in [-0.1, -0.05) is 6.07 Å². The lowest BCUT2D eigenvalue weighted by Crippen LogP contribution is -2.70. The molecule has 1 amide bonds. The van der Waals surface area contributed by atoms with Gasteiger partial charge < -0.3 is 15.1 Å². The molecule has 6 atom stereocenters. The number of amides is 1. The minimum atomic E-state index is -0.372. The van der Waals surface area contributed by atoms with Crippen LogP contribution in [0, 0.1) is 23.2 Å². The average Bonchev–Trinajstić information content (AvgIpc) is 3.43. The van der Waals surface area contributed by atoms with E-state index in [0.29, 0.717) is 29.0 Å². The van der Waals surface area contributed by atoms with Gasteiger partial charge in [-0.3, -0.25) is 9.69 Å². The standard InChI is InChI=1S/C25H32N2O3/c28-14-22(30)27-13-17-11-24-6-5-20(27)23(17)25(24)7-8-26(12-15-1-2-15)21(24)9-16-3-4-18(29)10-19(16)25/h3-4,10,15,17,20-21,23,28-29H,1-2,5-9,11-14H2/t17-,20?,21?,23?,24?,25?/m1/s1. The highest BCUT2D eigenvalue weighted by Gasteiger charge is 2.76. The minimum Gasteiger partial charge on any atom is -0.508 e. The van der Waals surface area contributed by atoms with Crippen molar-refractivity contribution in [2.24, 2.45) is 23.2 Å². The molecule has 0 radical (unpaired) electrons. The van der Waals surface area contributed by atoms with Crippen molar-refractivity contribution in [3.8, 4) is 5.75 Å². The first-order chi connectivity index (χ1) is 14.6. The number of phenols is 1. The van der Waals surface area contributed by atoms with Gasteiger partial charge in [-0.05, 0) is 97.9 Å². The summed E-state index contributed by atoms with van der Waals surface area (Å²) in [5.41, 5.74) is 3.21. The Morgan fingerprint density at radius 1 is 1.20 bits per heavy atom. The first-order valence-corrected chi connectivity index (χ1v) is 12.0. The average molecular weight is 409 g/mol. The molecule has 1 aromatic rings. The maximum atomic E-state index is 12.6. The van der Waals surface area contributed by atoms with E-state index in [4.69, 9.17) is 0 Å². The molecule has 5 heteroatoms. The van der Waals surface area contributed by atoms with Crippen LogP contribution in [0.15, 0.2) is 18.2 Å². The Kier molecular flexibility index (Phi) is 3.49. The van der Waals surface area contributed by atoms with Crippen LogP contribution >= 0.6 is 0 Å². The Bertz CT molecular complexity index is 929. The zero-order valence-electron chi connectivity index (χ0n) is 17.6. The molecule has 0 aromatic heterocycles. The number of hydrogen-bond donors (Lipinski definition) is 2. The highest BCUT2D eigenvalue weighted by atomic mass is 16.3. The van der Waals surface area contributed by atoms with E-state index < -0.39 is 0 Å². The maximum absolute atomic E-state index is 12.6. The maximum Gasteiger partial charge on any atom is 0.248 e. The Labute approximate surface area is 178 Å². The van der Waals surface area contributed by atoms with Gasteiger partial charge in [-0.2, -0.15) is 0 Å². The topological polar surface area (TPSA) is 64.0 Å².